The molecule has 1 heterocycles. The topological polar surface area (TPSA) is 92.3 Å². The minimum absolute atomic E-state index is 0.0439. The number of rotatable bonds is 6. The fourth-order valence-electron chi connectivity index (χ4n) is 2.32. The molecule has 154 valence electrons. The number of aryl methyl sites for hydroxylation is 1. The Morgan fingerprint density at radius 1 is 0.793 bits per heavy atom. The SMILES string of the molecule is Cc1cc(S(=O)(=O)Nc2cc(Cl)c(Cl)cc2NS(=O)(=O)c2cccs2)ccc1Cl. The van der Waals surface area contributed by atoms with Crippen molar-refractivity contribution >= 4 is 77.6 Å². The van der Waals surface area contributed by atoms with E-state index < -0.39 is 20.0 Å². The molecule has 0 radical (unpaired) electrons. The molecule has 2 N–H and O–H groups in total. The Bertz CT molecular complexity index is 1280. The Balaban J connectivity index is 2.03. The highest BCUT2D eigenvalue weighted by Crippen LogP contribution is 2.35. The van der Waals surface area contributed by atoms with E-state index in [2.05, 4.69) is 9.44 Å². The number of halogens is 3. The number of sulfonamides is 2. The van der Waals surface area contributed by atoms with Crippen LogP contribution >= 0.6 is 46.1 Å². The van der Waals surface area contributed by atoms with Gasteiger partial charge in [0.1, 0.15) is 4.21 Å². The minimum Gasteiger partial charge on any atom is -0.277 e. The quantitative estimate of drug-likeness (QED) is 0.449. The van der Waals surface area contributed by atoms with Crippen molar-refractivity contribution in [3.63, 3.8) is 0 Å². The van der Waals surface area contributed by atoms with E-state index in [1.54, 1.807) is 18.4 Å². The van der Waals surface area contributed by atoms with Crippen molar-refractivity contribution in [1.82, 2.24) is 0 Å². The lowest BCUT2D eigenvalue weighted by Gasteiger charge is -2.16. The summed E-state index contributed by atoms with van der Waals surface area (Å²) in [6, 6.07) is 9.67. The van der Waals surface area contributed by atoms with Gasteiger partial charge in [0.25, 0.3) is 20.0 Å². The number of anilines is 2. The van der Waals surface area contributed by atoms with Crippen LogP contribution in [0.15, 0.2) is 56.9 Å². The molecule has 0 amide bonds. The molecule has 0 spiro atoms. The number of hydrogen-bond donors (Lipinski definition) is 2. The number of benzene rings is 2. The van der Waals surface area contributed by atoms with Gasteiger partial charge in [0.05, 0.1) is 26.3 Å². The van der Waals surface area contributed by atoms with Crippen molar-refractivity contribution in [1.29, 1.82) is 0 Å². The van der Waals surface area contributed by atoms with Crippen LogP contribution in [0.4, 0.5) is 11.4 Å². The predicted octanol–water partition coefficient (Wildman–Crippen LogP) is 5.62. The predicted molar refractivity (Wildman–Crippen MR) is 119 cm³/mol. The third-order valence-corrected chi connectivity index (χ3v) is 9.02. The van der Waals surface area contributed by atoms with E-state index in [0.717, 1.165) is 11.3 Å². The van der Waals surface area contributed by atoms with Gasteiger partial charge in [-0.15, -0.1) is 11.3 Å². The summed E-state index contributed by atoms with van der Waals surface area (Å²) >= 11 is 19.0. The molecular weight excluding hydrogens is 499 g/mol. The van der Waals surface area contributed by atoms with Crippen molar-refractivity contribution in [3.8, 4) is 0 Å². The van der Waals surface area contributed by atoms with E-state index in [9.17, 15) is 16.8 Å². The van der Waals surface area contributed by atoms with E-state index in [4.69, 9.17) is 34.8 Å². The zero-order valence-corrected chi connectivity index (χ0v) is 19.3. The lowest BCUT2D eigenvalue weighted by atomic mass is 10.2. The molecule has 0 aliphatic carbocycles. The second kappa shape index (κ2) is 8.33. The molecule has 12 heteroatoms. The Kier molecular flexibility index (Phi) is 6.38. The Morgan fingerprint density at radius 2 is 1.38 bits per heavy atom. The van der Waals surface area contributed by atoms with Gasteiger partial charge >= 0.3 is 0 Å². The molecule has 2 aromatic carbocycles. The molecule has 0 atom stereocenters. The van der Waals surface area contributed by atoms with Crippen LogP contribution in [0, 0.1) is 6.92 Å². The molecule has 0 saturated heterocycles. The maximum absolute atomic E-state index is 12.8. The third-order valence-electron chi connectivity index (χ3n) is 3.75. The number of hydrogen-bond acceptors (Lipinski definition) is 5. The highest BCUT2D eigenvalue weighted by atomic mass is 35.5. The lowest BCUT2D eigenvalue weighted by Crippen LogP contribution is -2.17. The normalized spacial score (nSPS) is 12.0. The van der Waals surface area contributed by atoms with Crippen LogP contribution in [-0.2, 0) is 20.0 Å². The molecular formula is C17H13Cl3N2O4S3. The van der Waals surface area contributed by atoms with Crippen LogP contribution in [0.2, 0.25) is 15.1 Å². The molecule has 29 heavy (non-hydrogen) atoms. The minimum atomic E-state index is -4.06. The zero-order valence-electron chi connectivity index (χ0n) is 14.6. The van der Waals surface area contributed by atoms with Gasteiger partial charge < -0.3 is 0 Å². The highest BCUT2D eigenvalue weighted by molar-refractivity contribution is 7.94. The van der Waals surface area contributed by atoms with Crippen LogP contribution in [0.3, 0.4) is 0 Å². The van der Waals surface area contributed by atoms with E-state index >= 15 is 0 Å². The van der Waals surface area contributed by atoms with Crippen molar-refractivity contribution in [2.75, 3.05) is 9.44 Å². The molecule has 0 bridgehead atoms. The standard InChI is InChI=1S/C17H13Cl3N2O4S3/c1-10-7-11(4-5-12(10)18)28(23,24)21-15-8-13(19)14(20)9-16(15)22-29(25,26)17-3-2-6-27-17/h2-9,21-22H,1H3. The van der Waals surface area contributed by atoms with Gasteiger partial charge in [-0.2, -0.15) is 0 Å². The molecule has 0 saturated carbocycles. The summed E-state index contributed by atoms with van der Waals surface area (Å²) in [5.74, 6) is 0. The van der Waals surface area contributed by atoms with Crippen molar-refractivity contribution in [3.05, 3.63) is 68.5 Å². The van der Waals surface area contributed by atoms with Crippen molar-refractivity contribution in [2.45, 2.75) is 16.0 Å². The average Bonchev–Trinajstić information content (AvgIpc) is 3.17. The summed E-state index contributed by atoms with van der Waals surface area (Å²) < 4.78 is 55.5. The lowest BCUT2D eigenvalue weighted by molar-refractivity contribution is 0.599. The first-order chi connectivity index (χ1) is 13.5. The van der Waals surface area contributed by atoms with Crippen LogP contribution in [0.1, 0.15) is 5.56 Å². The Hall–Kier alpha value is -1.49. The zero-order chi connectivity index (χ0) is 21.4. The van der Waals surface area contributed by atoms with Gasteiger partial charge in [-0.3, -0.25) is 9.44 Å². The third kappa shape index (κ3) is 4.99. The summed E-state index contributed by atoms with van der Waals surface area (Å²) in [7, 11) is -8.00. The summed E-state index contributed by atoms with van der Waals surface area (Å²) in [6.45, 7) is 1.67. The summed E-state index contributed by atoms with van der Waals surface area (Å²) in [6.07, 6.45) is 0. The van der Waals surface area contributed by atoms with Crippen LogP contribution in [-0.4, -0.2) is 16.8 Å². The van der Waals surface area contributed by atoms with Crippen LogP contribution in [0.5, 0.6) is 0 Å². The molecule has 6 nitrogen and oxygen atoms in total. The van der Waals surface area contributed by atoms with Crippen molar-refractivity contribution < 1.29 is 16.8 Å². The summed E-state index contributed by atoms with van der Waals surface area (Å²) in [4.78, 5) is -0.0439. The van der Waals surface area contributed by atoms with Gasteiger partial charge in [-0.1, -0.05) is 40.9 Å². The van der Waals surface area contributed by atoms with E-state index in [1.165, 1.54) is 36.4 Å². The second-order valence-corrected chi connectivity index (χ2v) is 11.6. The number of nitrogens with one attached hydrogen (secondary N) is 2. The van der Waals surface area contributed by atoms with Gasteiger partial charge in [-0.25, -0.2) is 16.8 Å². The van der Waals surface area contributed by atoms with Gasteiger partial charge in [-0.05, 0) is 54.3 Å². The van der Waals surface area contributed by atoms with E-state index in [1.807, 2.05) is 0 Å². The summed E-state index contributed by atoms with van der Waals surface area (Å²) in [5, 5.41) is 2.13. The Morgan fingerprint density at radius 3 is 1.90 bits per heavy atom. The first-order valence-corrected chi connectivity index (χ1v) is 12.8. The largest absolute Gasteiger partial charge is 0.277 e. The van der Waals surface area contributed by atoms with E-state index in [-0.39, 0.29) is 30.5 Å². The first-order valence-electron chi connectivity index (χ1n) is 7.84. The molecule has 0 aliphatic heterocycles. The highest BCUT2D eigenvalue weighted by Gasteiger charge is 2.22. The summed E-state index contributed by atoms with van der Waals surface area (Å²) in [5.41, 5.74) is 0.427. The molecule has 0 fully saturated rings. The van der Waals surface area contributed by atoms with Crippen LogP contribution in [0.25, 0.3) is 0 Å². The molecule has 3 rings (SSSR count). The second-order valence-electron chi connectivity index (χ2n) is 5.87. The monoisotopic (exact) mass is 510 g/mol. The maximum atomic E-state index is 12.8. The van der Waals surface area contributed by atoms with Gasteiger partial charge in [0, 0.05) is 5.02 Å². The average molecular weight is 512 g/mol. The fraction of sp³-hybridized carbons (Fsp3) is 0.0588. The van der Waals surface area contributed by atoms with Gasteiger partial charge in [0.15, 0.2) is 0 Å². The smallest absolute Gasteiger partial charge is 0.271 e. The molecule has 0 unspecified atom stereocenters. The van der Waals surface area contributed by atoms with Crippen LogP contribution < -0.4 is 9.44 Å². The van der Waals surface area contributed by atoms with Gasteiger partial charge in [0.2, 0.25) is 0 Å². The van der Waals surface area contributed by atoms with Crippen molar-refractivity contribution in [2.24, 2.45) is 0 Å². The first kappa shape index (κ1) is 22.2. The van der Waals surface area contributed by atoms with E-state index in [0.29, 0.717) is 10.6 Å². The molecule has 1 aromatic heterocycles. The maximum Gasteiger partial charge on any atom is 0.271 e. The number of thiophene rings is 1. The Labute approximate surface area is 187 Å². The fourth-order valence-corrected chi connectivity index (χ4v) is 5.98. The molecule has 3 aromatic rings. The molecule has 0 aliphatic rings.